The third-order valence-electron chi connectivity index (χ3n) is 2.01. The molecule has 0 aliphatic heterocycles. The lowest BCUT2D eigenvalue weighted by Crippen LogP contribution is -2.22. The molecule has 7 nitrogen and oxygen atoms in total. The molecule has 100 valence electrons. The topological polar surface area (TPSA) is 105 Å². The Morgan fingerprint density at radius 2 is 2.06 bits per heavy atom. The molecule has 0 saturated heterocycles. The molecular formula is C10H14N2O5S. The Labute approximate surface area is 105 Å². The highest BCUT2D eigenvalue weighted by Gasteiger charge is 2.17. The van der Waals surface area contributed by atoms with E-state index in [1.165, 1.54) is 25.2 Å². The van der Waals surface area contributed by atoms with Gasteiger partial charge in [0.1, 0.15) is 11.5 Å². The van der Waals surface area contributed by atoms with Crippen LogP contribution in [0.5, 0.6) is 0 Å². The van der Waals surface area contributed by atoms with Crippen LogP contribution in [0, 0.1) is 0 Å². The van der Waals surface area contributed by atoms with Crippen LogP contribution in [0.1, 0.15) is 0 Å². The van der Waals surface area contributed by atoms with Crippen LogP contribution >= 0.6 is 0 Å². The Hall–Kier alpha value is -1.64. The molecule has 0 bridgehead atoms. The molecule has 0 saturated carbocycles. The van der Waals surface area contributed by atoms with E-state index in [4.69, 9.17) is 5.11 Å². The van der Waals surface area contributed by atoms with E-state index in [1.807, 2.05) is 0 Å². The molecule has 0 radical (unpaired) electrons. The summed E-state index contributed by atoms with van der Waals surface area (Å²) in [4.78, 5) is 11.2. The fourth-order valence-corrected chi connectivity index (χ4v) is 2.08. The van der Waals surface area contributed by atoms with Crippen LogP contribution in [0.2, 0.25) is 0 Å². The molecule has 1 aromatic carbocycles. The molecule has 1 rings (SSSR count). The largest absolute Gasteiger partial charge is 0.447 e. The highest BCUT2D eigenvalue weighted by molar-refractivity contribution is 7.89. The SMILES string of the molecule is CNS(=O)(=O)c1ccccc1NC(=O)OCCO. The van der Waals surface area contributed by atoms with Gasteiger partial charge in [0.2, 0.25) is 10.0 Å². The molecule has 3 N–H and O–H groups in total. The summed E-state index contributed by atoms with van der Waals surface area (Å²) in [5, 5.41) is 10.8. The van der Waals surface area contributed by atoms with Crippen molar-refractivity contribution < 1.29 is 23.1 Å². The maximum atomic E-state index is 11.7. The lowest BCUT2D eigenvalue weighted by Gasteiger charge is -2.10. The predicted molar refractivity (Wildman–Crippen MR) is 64.7 cm³/mol. The van der Waals surface area contributed by atoms with Crippen molar-refractivity contribution in [1.82, 2.24) is 4.72 Å². The quantitative estimate of drug-likeness (QED) is 0.708. The first-order valence-corrected chi connectivity index (χ1v) is 6.57. The highest BCUT2D eigenvalue weighted by Crippen LogP contribution is 2.20. The van der Waals surface area contributed by atoms with E-state index in [1.54, 1.807) is 6.07 Å². The van der Waals surface area contributed by atoms with Crippen LogP contribution in [0.25, 0.3) is 0 Å². The smallest absolute Gasteiger partial charge is 0.411 e. The number of carbonyl (C=O) groups is 1. The lowest BCUT2D eigenvalue weighted by atomic mass is 10.3. The number of hydrogen-bond acceptors (Lipinski definition) is 5. The van der Waals surface area contributed by atoms with Crippen molar-refractivity contribution in [3.8, 4) is 0 Å². The zero-order valence-electron chi connectivity index (χ0n) is 9.71. The number of rotatable bonds is 5. The number of amides is 1. The van der Waals surface area contributed by atoms with Gasteiger partial charge in [-0.25, -0.2) is 17.9 Å². The first-order valence-electron chi connectivity index (χ1n) is 5.08. The van der Waals surface area contributed by atoms with Crippen LogP contribution in [0.4, 0.5) is 10.5 Å². The molecule has 1 aromatic rings. The third-order valence-corrected chi connectivity index (χ3v) is 3.48. The summed E-state index contributed by atoms with van der Waals surface area (Å²) in [6.07, 6.45) is -0.831. The van der Waals surface area contributed by atoms with Gasteiger partial charge in [0.25, 0.3) is 0 Å². The van der Waals surface area contributed by atoms with Gasteiger partial charge in [-0.1, -0.05) is 12.1 Å². The van der Waals surface area contributed by atoms with Crippen molar-refractivity contribution >= 4 is 21.8 Å². The van der Waals surface area contributed by atoms with Gasteiger partial charge in [-0.15, -0.1) is 0 Å². The van der Waals surface area contributed by atoms with Crippen molar-refractivity contribution in [3.63, 3.8) is 0 Å². The van der Waals surface area contributed by atoms with Crippen LogP contribution < -0.4 is 10.0 Å². The Balaban J connectivity index is 2.93. The minimum absolute atomic E-state index is 0.0616. The minimum Gasteiger partial charge on any atom is -0.447 e. The molecule has 1 amide bonds. The summed E-state index contributed by atoms with van der Waals surface area (Å²) in [6, 6.07) is 5.91. The summed E-state index contributed by atoms with van der Waals surface area (Å²) in [6.45, 7) is -0.462. The lowest BCUT2D eigenvalue weighted by molar-refractivity contribution is 0.131. The van der Waals surface area contributed by atoms with Crippen molar-refractivity contribution in [2.45, 2.75) is 4.90 Å². The monoisotopic (exact) mass is 274 g/mol. The van der Waals surface area contributed by atoms with Gasteiger partial charge < -0.3 is 9.84 Å². The predicted octanol–water partition coefficient (Wildman–Crippen LogP) is 0.135. The van der Waals surface area contributed by atoms with E-state index in [0.717, 1.165) is 0 Å². The van der Waals surface area contributed by atoms with Crippen molar-refractivity contribution in [2.24, 2.45) is 0 Å². The second-order valence-electron chi connectivity index (χ2n) is 3.19. The maximum absolute atomic E-state index is 11.7. The summed E-state index contributed by atoms with van der Waals surface area (Å²) >= 11 is 0. The average molecular weight is 274 g/mol. The van der Waals surface area contributed by atoms with Crippen molar-refractivity contribution in [2.75, 3.05) is 25.6 Å². The normalized spacial score (nSPS) is 11.0. The Morgan fingerprint density at radius 3 is 2.67 bits per heavy atom. The molecular weight excluding hydrogens is 260 g/mol. The van der Waals surface area contributed by atoms with Crippen molar-refractivity contribution in [1.29, 1.82) is 0 Å². The molecule has 8 heteroatoms. The number of hydrogen-bond donors (Lipinski definition) is 3. The van der Waals surface area contributed by atoms with Crippen LogP contribution in [-0.2, 0) is 14.8 Å². The molecule has 18 heavy (non-hydrogen) atoms. The molecule has 0 heterocycles. The molecule has 0 atom stereocenters. The van der Waals surface area contributed by atoms with E-state index in [9.17, 15) is 13.2 Å². The first kappa shape index (κ1) is 14.4. The second-order valence-corrected chi connectivity index (χ2v) is 5.04. The number of sulfonamides is 1. The number of nitrogens with one attached hydrogen (secondary N) is 2. The fourth-order valence-electron chi connectivity index (χ4n) is 1.20. The zero-order chi connectivity index (χ0) is 13.6. The van der Waals surface area contributed by atoms with Gasteiger partial charge in [-0.3, -0.25) is 5.32 Å². The van der Waals surface area contributed by atoms with Gasteiger partial charge in [0.15, 0.2) is 0 Å². The fraction of sp³-hybridized carbons (Fsp3) is 0.300. The molecule has 0 aromatic heterocycles. The number of aliphatic hydroxyl groups is 1. The van der Waals surface area contributed by atoms with E-state index in [0.29, 0.717) is 0 Å². The number of carbonyl (C=O) groups excluding carboxylic acids is 1. The standard InChI is InChI=1S/C10H14N2O5S/c1-11-18(15,16)9-5-3-2-4-8(9)12-10(14)17-7-6-13/h2-5,11,13H,6-7H2,1H3,(H,12,14). The molecule has 0 aliphatic carbocycles. The van der Waals surface area contributed by atoms with Gasteiger partial charge in [0, 0.05) is 0 Å². The third kappa shape index (κ3) is 3.69. The first-order chi connectivity index (χ1) is 8.51. The summed E-state index contributed by atoms with van der Waals surface area (Å²) in [5.41, 5.74) is 0.106. The van der Waals surface area contributed by atoms with Gasteiger partial charge in [-0.2, -0.15) is 0 Å². The maximum Gasteiger partial charge on any atom is 0.411 e. The number of anilines is 1. The van der Waals surface area contributed by atoms with Gasteiger partial charge in [0.05, 0.1) is 12.3 Å². The summed E-state index contributed by atoms with van der Waals surface area (Å²) < 4.78 is 30.1. The highest BCUT2D eigenvalue weighted by atomic mass is 32.2. The number of para-hydroxylation sites is 1. The molecule has 0 aliphatic rings. The van der Waals surface area contributed by atoms with Crippen LogP contribution in [0.15, 0.2) is 29.2 Å². The minimum atomic E-state index is -3.66. The van der Waals surface area contributed by atoms with E-state index < -0.39 is 16.1 Å². The Bertz CT molecular complexity index is 515. The van der Waals surface area contributed by atoms with Gasteiger partial charge in [-0.05, 0) is 19.2 Å². The average Bonchev–Trinajstić information content (AvgIpc) is 2.37. The molecule has 0 unspecified atom stereocenters. The Morgan fingerprint density at radius 1 is 1.39 bits per heavy atom. The van der Waals surface area contributed by atoms with Gasteiger partial charge >= 0.3 is 6.09 Å². The van der Waals surface area contributed by atoms with Crippen LogP contribution in [-0.4, -0.2) is 39.9 Å². The summed E-state index contributed by atoms with van der Waals surface area (Å²) in [5.74, 6) is 0. The number of aliphatic hydroxyl groups excluding tert-OH is 1. The molecule has 0 fully saturated rings. The second kappa shape index (κ2) is 6.34. The van der Waals surface area contributed by atoms with E-state index in [-0.39, 0.29) is 23.8 Å². The van der Waals surface area contributed by atoms with E-state index in [2.05, 4.69) is 14.8 Å². The van der Waals surface area contributed by atoms with E-state index >= 15 is 0 Å². The summed E-state index contributed by atoms with van der Waals surface area (Å²) in [7, 11) is -2.39. The molecule has 0 spiro atoms. The zero-order valence-corrected chi connectivity index (χ0v) is 10.5. The van der Waals surface area contributed by atoms with Crippen LogP contribution in [0.3, 0.4) is 0 Å². The number of benzene rings is 1. The van der Waals surface area contributed by atoms with Crippen molar-refractivity contribution in [3.05, 3.63) is 24.3 Å². The Kier molecular flexibility index (Phi) is 5.08. The number of ether oxygens (including phenoxy) is 1.